The SMILES string of the molecule is C[NH+]=CC=CCC=CC=O. The van der Waals surface area contributed by atoms with Crippen LogP contribution in [0.1, 0.15) is 6.42 Å². The summed E-state index contributed by atoms with van der Waals surface area (Å²) in [6.45, 7) is 0. The summed E-state index contributed by atoms with van der Waals surface area (Å²) in [5.41, 5.74) is 0. The molecule has 0 saturated carbocycles. The third kappa shape index (κ3) is 6.82. The fourth-order valence-corrected chi connectivity index (χ4v) is 0.456. The molecule has 0 aromatic heterocycles. The van der Waals surface area contributed by atoms with Gasteiger partial charge in [0.1, 0.15) is 13.3 Å². The summed E-state index contributed by atoms with van der Waals surface area (Å²) in [6.07, 6.45) is 10.5. The third-order valence-corrected chi connectivity index (χ3v) is 0.886. The lowest BCUT2D eigenvalue weighted by molar-refractivity contribution is -0.413. The largest absolute Gasteiger partial charge is 0.299 e. The monoisotopic (exact) mass is 138 g/mol. The molecule has 54 valence electrons. The fourth-order valence-electron chi connectivity index (χ4n) is 0.456. The highest BCUT2D eigenvalue weighted by Gasteiger charge is 1.69. The molecule has 1 N–H and O–H groups in total. The lowest BCUT2D eigenvalue weighted by Gasteiger charge is -1.73. The van der Waals surface area contributed by atoms with Crippen molar-refractivity contribution in [3.63, 3.8) is 0 Å². The van der Waals surface area contributed by atoms with E-state index in [9.17, 15) is 4.79 Å². The summed E-state index contributed by atoms with van der Waals surface area (Å²) < 4.78 is 0. The van der Waals surface area contributed by atoms with Crippen LogP contribution in [-0.4, -0.2) is 19.5 Å². The van der Waals surface area contributed by atoms with E-state index in [1.165, 1.54) is 6.08 Å². The number of nitrogens with one attached hydrogen (secondary N) is 1. The Balaban J connectivity index is 3.34. The number of hydrogen-bond acceptors (Lipinski definition) is 1. The highest BCUT2D eigenvalue weighted by atomic mass is 16.1. The number of hydrogen-bond donors (Lipinski definition) is 1. The van der Waals surface area contributed by atoms with E-state index in [-0.39, 0.29) is 0 Å². The molecule has 0 heterocycles. The normalized spacial score (nSPS) is 12.1. The van der Waals surface area contributed by atoms with Gasteiger partial charge in [-0.2, -0.15) is 0 Å². The zero-order valence-electron chi connectivity index (χ0n) is 6.08. The van der Waals surface area contributed by atoms with E-state index < -0.39 is 0 Å². The molecule has 0 atom stereocenters. The molecule has 0 bridgehead atoms. The van der Waals surface area contributed by atoms with Gasteiger partial charge in [-0.1, -0.05) is 12.2 Å². The Labute approximate surface area is 61.0 Å². The maximum Gasteiger partial charge on any atom is 0.161 e. The van der Waals surface area contributed by atoms with E-state index >= 15 is 0 Å². The van der Waals surface area contributed by atoms with Crippen LogP contribution in [0.25, 0.3) is 0 Å². The molecule has 0 spiro atoms. The number of rotatable bonds is 4. The lowest BCUT2D eigenvalue weighted by atomic mass is 10.3. The molecule has 0 aliphatic heterocycles. The molecule has 0 rings (SSSR count). The van der Waals surface area contributed by atoms with Crippen molar-refractivity contribution in [1.29, 1.82) is 0 Å². The van der Waals surface area contributed by atoms with Crippen molar-refractivity contribution in [3.8, 4) is 0 Å². The van der Waals surface area contributed by atoms with Gasteiger partial charge in [0.25, 0.3) is 0 Å². The summed E-state index contributed by atoms with van der Waals surface area (Å²) in [6, 6.07) is 0. The zero-order valence-corrected chi connectivity index (χ0v) is 6.08. The molecule has 0 aromatic rings. The van der Waals surface area contributed by atoms with Gasteiger partial charge in [-0.05, 0) is 18.6 Å². The van der Waals surface area contributed by atoms with Crippen LogP contribution in [0.15, 0.2) is 24.3 Å². The van der Waals surface area contributed by atoms with Crippen molar-refractivity contribution in [2.45, 2.75) is 6.42 Å². The average molecular weight is 138 g/mol. The van der Waals surface area contributed by atoms with Crippen LogP contribution >= 0.6 is 0 Å². The molecule has 2 heteroatoms. The Morgan fingerprint density at radius 3 is 2.60 bits per heavy atom. The molecule has 0 unspecified atom stereocenters. The van der Waals surface area contributed by atoms with Gasteiger partial charge in [-0.3, -0.25) is 9.79 Å². The molecular formula is C8H12NO+. The third-order valence-electron chi connectivity index (χ3n) is 0.886. The van der Waals surface area contributed by atoms with E-state index in [0.29, 0.717) is 0 Å². The minimum Gasteiger partial charge on any atom is -0.299 e. The number of allylic oxidation sites excluding steroid dienone is 4. The first-order valence-electron chi connectivity index (χ1n) is 3.17. The number of carbonyl (C=O) groups is 1. The van der Waals surface area contributed by atoms with Crippen molar-refractivity contribution < 1.29 is 9.79 Å². The summed E-state index contributed by atoms with van der Waals surface area (Å²) in [5.74, 6) is 0. The van der Waals surface area contributed by atoms with Crippen molar-refractivity contribution in [2.24, 2.45) is 0 Å². The molecule has 0 aromatic carbocycles. The van der Waals surface area contributed by atoms with Gasteiger partial charge in [0.2, 0.25) is 0 Å². The Morgan fingerprint density at radius 1 is 1.30 bits per heavy atom. The first-order chi connectivity index (χ1) is 4.91. The molecule has 0 aliphatic rings. The molecular weight excluding hydrogens is 126 g/mol. The van der Waals surface area contributed by atoms with Crippen molar-refractivity contribution in [1.82, 2.24) is 0 Å². The van der Waals surface area contributed by atoms with E-state index in [2.05, 4.69) is 4.99 Å². The minimum absolute atomic E-state index is 0.773. The van der Waals surface area contributed by atoms with Crippen LogP contribution < -0.4 is 4.99 Å². The van der Waals surface area contributed by atoms with Gasteiger partial charge in [-0.15, -0.1) is 0 Å². The quantitative estimate of drug-likeness (QED) is 0.316. The average Bonchev–Trinajstić information content (AvgIpc) is 1.97. The van der Waals surface area contributed by atoms with Crippen molar-refractivity contribution in [3.05, 3.63) is 24.3 Å². The van der Waals surface area contributed by atoms with Crippen molar-refractivity contribution >= 4 is 12.5 Å². The molecule has 0 aliphatic carbocycles. The van der Waals surface area contributed by atoms with Crippen LogP contribution in [0.2, 0.25) is 0 Å². The van der Waals surface area contributed by atoms with Gasteiger partial charge < -0.3 is 0 Å². The molecule has 0 saturated heterocycles. The van der Waals surface area contributed by atoms with E-state index in [4.69, 9.17) is 0 Å². The van der Waals surface area contributed by atoms with Gasteiger partial charge in [0.05, 0.1) is 0 Å². The second kappa shape index (κ2) is 7.82. The topological polar surface area (TPSA) is 31.0 Å². The van der Waals surface area contributed by atoms with Crippen LogP contribution in [0.5, 0.6) is 0 Å². The Bertz CT molecular complexity index is 157. The van der Waals surface area contributed by atoms with E-state index in [1.54, 1.807) is 6.08 Å². The predicted molar refractivity (Wildman–Crippen MR) is 41.9 cm³/mol. The Kier molecular flexibility index (Phi) is 6.90. The van der Waals surface area contributed by atoms with Gasteiger partial charge in [0.15, 0.2) is 6.21 Å². The molecule has 2 nitrogen and oxygen atoms in total. The maximum absolute atomic E-state index is 9.76. The first-order valence-corrected chi connectivity index (χ1v) is 3.17. The van der Waals surface area contributed by atoms with Gasteiger partial charge in [0, 0.05) is 0 Å². The van der Waals surface area contributed by atoms with Crippen molar-refractivity contribution in [2.75, 3.05) is 7.05 Å². The highest BCUT2D eigenvalue weighted by molar-refractivity contribution is 5.66. The standard InChI is InChI=1S/C8H11NO/c1-9-7-5-3-2-4-6-8-10/h3-8H,2H2,1H3/p+1. The summed E-state index contributed by atoms with van der Waals surface area (Å²) >= 11 is 0. The van der Waals surface area contributed by atoms with Crippen LogP contribution in [0.3, 0.4) is 0 Å². The van der Waals surface area contributed by atoms with Crippen LogP contribution in [0.4, 0.5) is 0 Å². The van der Waals surface area contributed by atoms with Gasteiger partial charge in [-0.25, -0.2) is 0 Å². The molecule has 0 amide bonds. The molecule has 0 radical (unpaired) electrons. The molecule has 0 fully saturated rings. The van der Waals surface area contributed by atoms with Crippen LogP contribution in [-0.2, 0) is 4.79 Å². The van der Waals surface area contributed by atoms with E-state index in [0.717, 1.165) is 12.7 Å². The summed E-state index contributed by atoms with van der Waals surface area (Å²) in [7, 11) is 1.84. The fraction of sp³-hybridized carbons (Fsp3) is 0.250. The maximum atomic E-state index is 9.76. The van der Waals surface area contributed by atoms with Gasteiger partial charge >= 0.3 is 0 Å². The number of aldehydes is 1. The summed E-state index contributed by atoms with van der Waals surface area (Å²) in [5, 5.41) is 0. The Morgan fingerprint density at radius 2 is 2.00 bits per heavy atom. The van der Waals surface area contributed by atoms with Crippen LogP contribution in [0, 0.1) is 0 Å². The minimum atomic E-state index is 0.773. The predicted octanol–water partition coefficient (Wildman–Crippen LogP) is -0.531. The highest BCUT2D eigenvalue weighted by Crippen LogP contribution is 1.81. The zero-order chi connectivity index (χ0) is 7.66. The first kappa shape index (κ1) is 8.82. The second-order valence-corrected chi connectivity index (χ2v) is 1.68. The Hall–Kier alpha value is -1.18. The number of carbonyl (C=O) groups excluding carboxylic acids is 1. The lowest BCUT2D eigenvalue weighted by Crippen LogP contribution is -2.62. The molecule has 10 heavy (non-hydrogen) atoms. The second-order valence-electron chi connectivity index (χ2n) is 1.68. The summed E-state index contributed by atoms with van der Waals surface area (Å²) in [4.78, 5) is 12.6. The smallest absolute Gasteiger partial charge is 0.161 e. The van der Waals surface area contributed by atoms with E-state index in [1.807, 2.05) is 25.4 Å².